The summed E-state index contributed by atoms with van der Waals surface area (Å²) in [5.41, 5.74) is 0.505. The highest BCUT2D eigenvalue weighted by atomic mass is 79.9. The van der Waals surface area contributed by atoms with Gasteiger partial charge in [-0.3, -0.25) is 17.0 Å². The smallest absolute Gasteiger partial charge is 0.291 e. The summed E-state index contributed by atoms with van der Waals surface area (Å²) in [6.07, 6.45) is 2.98. The van der Waals surface area contributed by atoms with Crippen LogP contribution in [-0.4, -0.2) is 79.9 Å². The maximum atomic E-state index is 12.9. The maximum absolute atomic E-state index is 12.9. The molecule has 0 aliphatic carbocycles. The van der Waals surface area contributed by atoms with E-state index in [0.29, 0.717) is 11.5 Å². The van der Waals surface area contributed by atoms with Gasteiger partial charge in [0.25, 0.3) is 5.24 Å². The molecule has 0 aromatic carbocycles. The highest BCUT2D eigenvalue weighted by Crippen LogP contribution is 2.42. The molecule has 244 valence electrons. The van der Waals surface area contributed by atoms with Crippen molar-refractivity contribution in [1.82, 2.24) is 9.55 Å². The molecule has 3 heterocycles. The number of nitrogens with zero attached hydrogens (tertiary/aromatic N) is 3. The Hall–Kier alpha value is -0.566. The first-order valence-corrected chi connectivity index (χ1v) is 22.1. The van der Waals surface area contributed by atoms with Crippen molar-refractivity contribution in [3.8, 4) is 0 Å². The Balaban J connectivity index is 1.92. The average Bonchev–Trinajstić information content (AvgIpc) is 3.43. The first kappa shape index (κ1) is 36.9. The zero-order valence-electron chi connectivity index (χ0n) is 26.8. The normalized spacial score (nSPS) is 28.5. The molecule has 6 atom stereocenters. The minimum absolute atomic E-state index is 0.0613. The number of rotatable bonds is 9. The van der Waals surface area contributed by atoms with Crippen molar-refractivity contribution < 1.29 is 35.6 Å². The molecule has 11 nitrogen and oxygen atoms in total. The molecule has 0 radical (unpaired) electrons. The third kappa shape index (κ3) is 9.04. The quantitative estimate of drug-likeness (QED) is 0.182. The molecule has 0 saturated carbocycles. The summed E-state index contributed by atoms with van der Waals surface area (Å²) in [5, 5.41) is 3.84. The number of hydrogen-bond donors (Lipinski definition) is 0. The Bertz CT molecular complexity index is 1160. The average molecular weight is 788 g/mol. The summed E-state index contributed by atoms with van der Waals surface area (Å²) >= 11 is 7.31. The number of carbonyl (C=O) groups excluding carboxylic acids is 1. The molecule has 1 aromatic rings. The van der Waals surface area contributed by atoms with E-state index >= 15 is 0 Å². The highest BCUT2D eigenvalue weighted by Gasteiger charge is 2.50. The second-order valence-corrected chi connectivity index (χ2v) is 25.1. The Morgan fingerprint density at radius 2 is 1.74 bits per heavy atom. The highest BCUT2D eigenvalue weighted by molar-refractivity contribution is 9.06. The van der Waals surface area contributed by atoms with Crippen molar-refractivity contribution in [1.29, 1.82) is 0 Å². The van der Waals surface area contributed by atoms with Crippen LogP contribution >= 0.6 is 44.3 Å². The van der Waals surface area contributed by atoms with E-state index in [4.69, 9.17) is 30.8 Å². The number of imidazole rings is 1. The minimum Gasteiger partial charge on any atom is -0.546 e. The fourth-order valence-electron chi connectivity index (χ4n) is 3.72. The summed E-state index contributed by atoms with van der Waals surface area (Å²) in [6.45, 7) is 23.6. The molecule has 0 spiro atoms. The van der Waals surface area contributed by atoms with E-state index in [2.05, 4.69) is 110 Å². The standard InChI is InChI=1S/C27H45Br2N3O8SSi2/c1-17-21(22(23(36-28)24(35-17)37-29)40-43(10,11)27(5,6)7)31-38-20-14-18(39-42(8,9)26(2,3)4)19(15-34-20)41-25(33)32-13-12-30-16-32/h12-14,16-17,19-20,22-24H,15H2,1-11H3/b31-21-/t17-,19-,20+,22+,23-,24-/m1/s1. The molecule has 0 bridgehead atoms. The van der Waals surface area contributed by atoms with Crippen LogP contribution in [-0.2, 0) is 30.8 Å². The molecule has 0 unspecified atom stereocenters. The lowest BCUT2D eigenvalue weighted by atomic mass is 10.0. The van der Waals surface area contributed by atoms with E-state index in [-0.39, 0.29) is 27.2 Å². The van der Waals surface area contributed by atoms with Gasteiger partial charge in [0.15, 0.2) is 14.4 Å². The van der Waals surface area contributed by atoms with E-state index < -0.39 is 47.5 Å². The zero-order chi connectivity index (χ0) is 32.4. The number of carbonyl (C=O) groups is 1. The number of oxime groups is 1. The lowest BCUT2D eigenvalue weighted by molar-refractivity contribution is -0.168. The first-order valence-electron chi connectivity index (χ1n) is 14.1. The number of thioether (sulfide) groups is 1. The third-order valence-electron chi connectivity index (χ3n) is 8.46. The van der Waals surface area contributed by atoms with Crippen LogP contribution in [0.5, 0.6) is 0 Å². The van der Waals surface area contributed by atoms with Gasteiger partial charge in [0.1, 0.15) is 40.5 Å². The van der Waals surface area contributed by atoms with Crippen molar-refractivity contribution in [3.05, 3.63) is 30.6 Å². The molecule has 1 fully saturated rings. The molecular weight excluding hydrogens is 742 g/mol. The maximum Gasteiger partial charge on any atom is 0.291 e. The Morgan fingerprint density at radius 1 is 1.09 bits per heavy atom. The molecule has 0 N–H and O–H groups in total. The minimum atomic E-state index is -2.30. The van der Waals surface area contributed by atoms with E-state index in [9.17, 15) is 4.79 Å². The van der Waals surface area contributed by atoms with Crippen LogP contribution in [0.1, 0.15) is 48.5 Å². The molecule has 16 heteroatoms. The molecular formula is C27H45Br2N3O8SSi2. The zero-order valence-corrected chi connectivity index (χ0v) is 32.7. The van der Waals surface area contributed by atoms with Gasteiger partial charge in [0, 0.05) is 18.5 Å². The fourth-order valence-corrected chi connectivity index (χ4v) is 7.69. The van der Waals surface area contributed by atoms with Crippen molar-refractivity contribution in [2.24, 2.45) is 5.16 Å². The fraction of sp³-hybridized carbons (Fsp3) is 0.741. The topological polar surface area (TPSA) is 112 Å². The molecule has 1 saturated heterocycles. The van der Waals surface area contributed by atoms with E-state index in [1.54, 1.807) is 18.5 Å². The molecule has 43 heavy (non-hydrogen) atoms. The second-order valence-electron chi connectivity index (χ2n) is 13.7. The number of aromatic nitrogens is 2. The predicted molar refractivity (Wildman–Crippen MR) is 179 cm³/mol. The first-order chi connectivity index (χ1) is 19.8. The van der Waals surface area contributed by atoms with Crippen molar-refractivity contribution >= 4 is 71.9 Å². The number of hydrogen-bond acceptors (Lipinski definition) is 11. The van der Waals surface area contributed by atoms with Gasteiger partial charge in [-0.25, -0.2) is 4.98 Å². The summed E-state index contributed by atoms with van der Waals surface area (Å²) in [6, 6.07) is 0. The van der Waals surface area contributed by atoms with Crippen LogP contribution in [0.2, 0.25) is 36.3 Å². The number of halogens is 2. The monoisotopic (exact) mass is 785 g/mol. The van der Waals surface area contributed by atoms with Crippen molar-refractivity contribution in [2.75, 3.05) is 6.61 Å². The summed E-state index contributed by atoms with van der Waals surface area (Å²) in [7, 11) is -4.56. The lowest BCUT2D eigenvalue weighted by Gasteiger charge is -2.45. The van der Waals surface area contributed by atoms with Gasteiger partial charge in [0.05, 0.1) is 33.9 Å². The van der Waals surface area contributed by atoms with E-state index in [1.807, 2.05) is 6.92 Å². The largest absolute Gasteiger partial charge is 0.546 e. The van der Waals surface area contributed by atoms with Crippen molar-refractivity contribution in [2.45, 2.75) is 121 Å². The second kappa shape index (κ2) is 14.5. The molecule has 1 aromatic heterocycles. The van der Waals surface area contributed by atoms with Crippen molar-refractivity contribution in [3.63, 3.8) is 0 Å². The third-order valence-corrected chi connectivity index (χ3v) is 19.1. The van der Waals surface area contributed by atoms with Gasteiger partial charge in [-0.15, -0.1) is 0 Å². The van der Waals surface area contributed by atoms with Gasteiger partial charge >= 0.3 is 0 Å². The van der Waals surface area contributed by atoms with Gasteiger partial charge < -0.3 is 23.2 Å². The van der Waals surface area contributed by atoms with Crippen LogP contribution in [0.4, 0.5) is 4.79 Å². The van der Waals surface area contributed by atoms with E-state index in [1.165, 1.54) is 10.9 Å². The molecule has 2 aliphatic heterocycles. The Labute approximate surface area is 278 Å². The Kier molecular flexibility index (Phi) is 12.4. The van der Waals surface area contributed by atoms with Gasteiger partial charge in [-0.05, 0) is 43.2 Å². The SMILES string of the molecule is C[C@H]1O[C@H](OBr)[C@H](OBr)[C@@H](O[Si](C)(C)C(C)(C)C)/C1=N\O[C@H]1C=C(O[Si](C)(C)C(C)(C)C)[C@H](SC(=O)n2ccnc2)CO1. The van der Waals surface area contributed by atoms with Crippen LogP contribution in [0, 0.1) is 0 Å². The summed E-state index contributed by atoms with van der Waals surface area (Å²) < 4.78 is 38.0. The van der Waals surface area contributed by atoms with Gasteiger partial charge in [-0.2, -0.15) is 0 Å². The lowest BCUT2D eigenvalue weighted by Crippen LogP contribution is -2.60. The van der Waals surface area contributed by atoms with Crippen LogP contribution in [0.25, 0.3) is 0 Å². The molecule has 3 rings (SSSR count). The van der Waals surface area contributed by atoms with Crippen LogP contribution in [0.15, 0.2) is 35.7 Å². The van der Waals surface area contributed by atoms with Crippen LogP contribution < -0.4 is 0 Å². The van der Waals surface area contributed by atoms with E-state index in [0.717, 1.165) is 11.8 Å². The number of ether oxygens (including phenoxy) is 2. The summed E-state index contributed by atoms with van der Waals surface area (Å²) in [4.78, 5) is 22.9. The van der Waals surface area contributed by atoms with Gasteiger partial charge in [-0.1, -0.05) is 58.5 Å². The van der Waals surface area contributed by atoms with Crippen LogP contribution in [0.3, 0.4) is 0 Å². The molecule has 0 amide bonds. The Morgan fingerprint density at radius 3 is 2.28 bits per heavy atom. The predicted octanol–water partition coefficient (Wildman–Crippen LogP) is 7.74. The summed E-state index contributed by atoms with van der Waals surface area (Å²) in [5.74, 6) is 0.637. The molecule has 2 aliphatic rings. The van der Waals surface area contributed by atoms with Gasteiger partial charge in [0.2, 0.25) is 20.9 Å².